The van der Waals surface area contributed by atoms with Gasteiger partial charge >= 0.3 is 0 Å². The van der Waals surface area contributed by atoms with E-state index in [2.05, 4.69) is 21.2 Å². The third kappa shape index (κ3) is 4.60. The van der Waals surface area contributed by atoms with Gasteiger partial charge in [0.25, 0.3) is 5.91 Å². The molecule has 2 rings (SSSR count). The third-order valence-electron chi connectivity index (χ3n) is 3.24. The second-order valence-corrected chi connectivity index (χ2v) is 5.76. The highest BCUT2D eigenvalue weighted by Gasteiger charge is 2.05. The average Bonchev–Trinajstić information content (AvgIpc) is 2.47. The Labute approximate surface area is 133 Å². The van der Waals surface area contributed by atoms with Crippen LogP contribution >= 0.6 is 15.9 Å². The zero-order valence-electron chi connectivity index (χ0n) is 12.2. The Morgan fingerprint density at radius 2 is 1.90 bits per heavy atom. The molecule has 0 saturated carbocycles. The van der Waals surface area contributed by atoms with Crippen molar-refractivity contribution in [3.8, 4) is 5.75 Å². The quantitative estimate of drug-likeness (QED) is 0.894. The van der Waals surface area contributed by atoms with Crippen LogP contribution in [0.3, 0.4) is 0 Å². The van der Waals surface area contributed by atoms with Crippen molar-refractivity contribution in [2.45, 2.75) is 20.4 Å². The van der Waals surface area contributed by atoms with E-state index in [1.165, 1.54) is 5.56 Å². The van der Waals surface area contributed by atoms with Crippen LogP contribution in [0.25, 0.3) is 0 Å². The number of rotatable bonds is 5. The van der Waals surface area contributed by atoms with E-state index < -0.39 is 0 Å². The molecule has 2 aromatic carbocycles. The maximum absolute atomic E-state index is 11.8. The van der Waals surface area contributed by atoms with E-state index in [0.717, 1.165) is 15.6 Å². The van der Waals surface area contributed by atoms with Crippen molar-refractivity contribution >= 4 is 21.8 Å². The van der Waals surface area contributed by atoms with Crippen molar-refractivity contribution in [1.29, 1.82) is 0 Å². The molecule has 1 N–H and O–H groups in total. The molecule has 0 aromatic heterocycles. The van der Waals surface area contributed by atoms with Gasteiger partial charge in [0.05, 0.1) is 0 Å². The normalized spacial score (nSPS) is 10.2. The van der Waals surface area contributed by atoms with Crippen molar-refractivity contribution < 1.29 is 9.53 Å². The van der Waals surface area contributed by atoms with Gasteiger partial charge in [-0.2, -0.15) is 0 Å². The number of ether oxygens (including phenoxy) is 1. The van der Waals surface area contributed by atoms with Crippen LogP contribution in [0.15, 0.2) is 46.9 Å². The van der Waals surface area contributed by atoms with Gasteiger partial charge in [0, 0.05) is 11.0 Å². The Balaban J connectivity index is 1.82. The standard InChI is InChI=1S/C17H18BrNO2/c1-12-5-3-4-6-14(12)10-19-17(20)11-21-15-7-8-16(18)13(2)9-15/h3-9H,10-11H2,1-2H3,(H,19,20). The van der Waals surface area contributed by atoms with Gasteiger partial charge in [0.2, 0.25) is 0 Å². The SMILES string of the molecule is Cc1cc(OCC(=O)NCc2ccccc2C)ccc1Br. The number of hydrogen-bond acceptors (Lipinski definition) is 2. The summed E-state index contributed by atoms with van der Waals surface area (Å²) < 4.78 is 6.52. The summed E-state index contributed by atoms with van der Waals surface area (Å²) in [4.78, 5) is 11.8. The molecule has 0 aliphatic heterocycles. The Bertz CT molecular complexity index is 640. The highest BCUT2D eigenvalue weighted by atomic mass is 79.9. The van der Waals surface area contributed by atoms with Crippen LogP contribution in [-0.4, -0.2) is 12.5 Å². The minimum atomic E-state index is -0.126. The Morgan fingerprint density at radius 1 is 1.14 bits per heavy atom. The molecule has 0 aliphatic rings. The predicted molar refractivity (Wildman–Crippen MR) is 87.4 cm³/mol. The molecule has 4 heteroatoms. The molecule has 1 amide bonds. The number of carbonyl (C=O) groups is 1. The Kier molecular flexibility index (Phi) is 5.39. The van der Waals surface area contributed by atoms with Crippen molar-refractivity contribution in [2.75, 3.05) is 6.61 Å². The maximum Gasteiger partial charge on any atom is 0.258 e. The van der Waals surface area contributed by atoms with Crippen LogP contribution in [0, 0.1) is 13.8 Å². The number of amides is 1. The lowest BCUT2D eigenvalue weighted by Gasteiger charge is -2.10. The summed E-state index contributed by atoms with van der Waals surface area (Å²) in [5.74, 6) is 0.570. The Morgan fingerprint density at radius 3 is 2.62 bits per heavy atom. The molecule has 0 saturated heterocycles. The number of halogens is 1. The largest absolute Gasteiger partial charge is 0.484 e. The summed E-state index contributed by atoms with van der Waals surface area (Å²) in [5, 5.41) is 2.86. The van der Waals surface area contributed by atoms with Crippen molar-refractivity contribution in [3.05, 3.63) is 63.6 Å². The van der Waals surface area contributed by atoms with Gasteiger partial charge in [-0.25, -0.2) is 0 Å². The number of benzene rings is 2. The van der Waals surface area contributed by atoms with Crippen molar-refractivity contribution in [1.82, 2.24) is 5.32 Å². The van der Waals surface area contributed by atoms with Crippen LogP contribution in [0.4, 0.5) is 0 Å². The Hall–Kier alpha value is -1.81. The first-order valence-corrected chi connectivity index (χ1v) is 7.55. The molecule has 0 fully saturated rings. The lowest BCUT2D eigenvalue weighted by Crippen LogP contribution is -2.28. The maximum atomic E-state index is 11.8. The zero-order valence-corrected chi connectivity index (χ0v) is 13.7. The molecule has 0 atom stereocenters. The minimum absolute atomic E-state index is 0.0208. The van der Waals surface area contributed by atoms with E-state index in [1.807, 2.05) is 56.3 Å². The zero-order chi connectivity index (χ0) is 15.2. The van der Waals surface area contributed by atoms with E-state index in [0.29, 0.717) is 12.3 Å². The number of carbonyl (C=O) groups excluding carboxylic acids is 1. The molecule has 110 valence electrons. The highest BCUT2D eigenvalue weighted by Crippen LogP contribution is 2.21. The summed E-state index contributed by atoms with van der Waals surface area (Å²) in [6.07, 6.45) is 0. The van der Waals surface area contributed by atoms with Gasteiger partial charge in [-0.15, -0.1) is 0 Å². The molecule has 0 bridgehead atoms. The number of nitrogens with one attached hydrogen (secondary N) is 1. The highest BCUT2D eigenvalue weighted by molar-refractivity contribution is 9.10. The van der Waals surface area contributed by atoms with Crippen LogP contribution in [0.2, 0.25) is 0 Å². The minimum Gasteiger partial charge on any atom is -0.484 e. The summed E-state index contributed by atoms with van der Waals surface area (Å²) in [6, 6.07) is 13.6. The number of aryl methyl sites for hydroxylation is 2. The monoisotopic (exact) mass is 347 g/mol. The van der Waals surface area contributed by atoms with Crippen LogP contribution in [-0.2, 0) is 11.3 Å². The lowest BCUT2D eigenvalue weighted by atomic mass is 10.1. The van der Waals surface area contributed by atoms with Gasteiger partial charge in [0.1, 0.15) is 5.75 Å². The fourth-order valence-corrected chi connectivity index (χ4v) is 2.16. The smallest absolute Gasteiger partial charge is 0.258 e. The molecule has 21 heavy (non-hydrogen) atoms. The first-order valence-electron chi connectivity index (χ1n) is 6.76. The van der Waals surface area contributed by atoms with E-state index in [1.54, 1.807) is 0 Å². The summed E-state index contributed by atoms with van der Waals surface area (Å²) in [5.41, 5.74) is 3.36. The van der Waals surface area contributed by atoms with Gasteiger partial charge < -0.3 is 10.1 Å². The van der Waals surface area contributed by atoms with Gasteiger partial charge in [-0.1, -0.05) is 40.2 Å². The van der Waals surface area contributed by atoms with Gasteiger partial charge in [-0.05, 0) is 48.7 Å². The third-order valence-corrected chi connectivity index (χ3v) is 4.13. The fraction of sp³-hybridized carbons (Fsp3) is 0.235. The van der Waals surface area contributed by atoms with E-state index in [4.69, 9.17) is 4.74 Å². The molecule has 3 nitrogen and oxygen atoms in total. The summed E-state index contributed by atoms with van der Waals surface area (Å²) in [7, 11) is 0. The van der Waals surface area contributed by atoms with E-state index in [9.17, 15) is 4.79 Å². The molecule has 0 radical (unpaired) electrons. The van der Waals surface area contributed by atoms with Crippen molar-refractivity contribution in [3.63, 3.8) is 0 Å². The first kappa shape index (κ1) is 15.6. The van der Waals surface area contributed by atoms with E-state index in [-0.39, 0.29) is 12.5 Å². The average molecular weight is 348 g/mol. The van der Waals surface area contributed by atoms with Crippen molar-refractivity contribution in [2.24, 2.45) is 0 Å². The van der Waals surface area contributed by atoms with E-state index >= 15 is 0 Å². The van der Waals surface area contributed by atoms with Crippen LogP contribution in [0.5, 0.6) is 5.75 Å². The second kappa shape index (κ2) is 7.27. The van der Waals surface area contributed by atoms with Gasteiger partial charge in [0.15, 0.2) is 6.61 Å². The molecule has 2 aromatic rings. The number of hydrogen-bond donors (Lipinski definition) is 1. The molecule has 0 heterocycles. The van der Waals surface area contributed by atoms with Gasteiger partial charge in [-0.3, -0.25) is 4.79 Å². The lowest BCUT2D eigenvalue weighted by molar-refractivity contribution is -0.123. The van der Waals surface area contributed by atoms with Crippen LogP contribution < -0.4 is 10.1 Å². The topological polar surface area (TPSA) is 38.3 Å². The summed E-state index contributed by atoms with van der Waals surface area (Å²) in [6.45, 7) is 4.55. The van der Waals surface area contributed by atoms with Crippen LogP contribution in [0.1, 0.15) is 16.7 Å². The fourth-order valence-electron chi connectivity index (χ4n) is 1.91. The molecule has 0 aliphatic carbocycles. The molecular formula is C17H18BrNO2. The molecular weight excluding hydrogens is 330 g/mol. The second-order valence-electron chi connectivity index (χ2n) is 4.90. The predicted octanol–water partition coefficient (Wildman–Crippen LogP) is 3.76. The first-order chi connectivity index (χ1) is 10.1. The summed E-state index contributed by atoms with van der Waals surface area (Å²) >= 11 is 3.43. The molecule has 0 unspecified atom stereocenters. The molecule has 0 spiro atoms.